The number of rotatable bonds is 5. The zero-order valence-corrected chi connectivity index (χ0v) is 13.2. The number of amides is 1. The molecule has 1 unspecified atom stereocenters. The molecule has 1 aromatic rings. The summed E-state index contributed by atoms with van der Waals surface area (Å²) in [5.74, 6) is 0.107. The molecule has 20 heavy (non-hydrogen) atoms. The van der Waals surface area contributed by atoms with Crippen molar-refractivity contribution in [1.82, 2.24) is 10.2 Å². The summed E-state index contributed by atoms with van der Waals surface area (Å²) < 4.78 is 0. The lowest BCUT2D eigenvalue weighted by Gasteiger charge is -2.28. The van der Waals surface area contributed by atoms with E-state index in [4.69, 9.17) is 23.2 Å². The molecular weight excluding hydrogens is 295 g/mol. The molecule has 1 aliphatic rings. The molecule has 1 N–H and O–H groups in total. The van der Waals surface area contributed by atoms with Gasteiger partial charge in [0.05, 0.1) is 6.42 Å². The third-order valence-corrected chi connectivity index (χ3v) is 4.36. The highest BCUT2D eigenvalue weighted by atomic mass is 35.5. The summed E-state index contributed by atoms with van der Waals surface area (Å²) in [5, 5.41) is 4.43. The minimum absolute atomic E-state index is 0.107. The Kier molecular flexibility index (Phi) is 5.70. The third kappa shape index (κ3) is 3.66. The van der Waals surface area contributed by atoms with E-state index in [1.54, 1.807) is 18.2 Å². The van der Waals surface area contributed by atoms with Gasteiger partial charge in [0.25, 0.3) is 0 Å². The van der Waals surface area contributed by atoms with Crippen molar-refractivity contribution in [3.05, 3.63) is 33.8 Å². The van der Waals surface area contributed by atoms with Crippen LogP contribution in [0, 0.1) is 0 Å². The van der Waals surface area contributed by atoms with Crippen molar-refractivity contribution in [2.45, 2.75) is 32.2 Å². The Bertz CT molecular complexity index is 453. The Morgan fingerprint density at radius 2 is 2.10 bits per heavy atom. The average Bonchev–Trinajstić information content (AvgIpc) is 2.94. The Hall–Kier alpha value is -0.770. The maximum Gasteiger partial charge on any atom is 0.227 e. The van der Waals surface area contributed by atoms with E-state index >= 15 is 0 Å². The lowest BCUT2D eigenvalue weighted by molar-refractivity contribution is -0.132. The molecule has 0 aromatic heterocycles. The van der Waals surface area contributed by atoms with E-state index in [1.807, 2.05) is 4.90 Å². The zero-order valence-electron chi connectivity index (χ0n) is 11.7. The molecule has 3 nitrogen and oxygen atoms in total. The fourth-order valence-electron chi connectivity index (χ4n) is 2.61. The van der Waals surface area contributed by atoms with E-state index in [1.165, 1.54) is 0 Å². The van der Waals surface area contributed by atoms with E-state index in [-0.39, 0.29) is 12.3 Å². The highest BCUT2D eigenvalue weighted by Crippen LogP contribution is 2.25. The smallest absolute Gasteiger partial charge is 0.227 e. The van der Waals surface area contributed by atoms with Crippen LogP contribution in [0.25, 0.3) is 0 Å². The van der Waals surface area contributed by atoms with Crippen molar-refractivity contribution in [1.29, 1.82) is 0 Å². The fraction of sp³-hybridized carbons (Fsp3) is 0.533. The van der Waals surface area contributed by atoms with Crippen molar-refractivity contribution in [3.63, 3.8) is 0 Å². The summed E-state index contributed by atoms with van der Waals surface area (Å²) in [5.41, 5.74) is 0.730. The van der Waals surface area contributed by atoms with Crippen molar-refractivity contribution >= 4 is 29.1 Å². The van der Waals surface area contributed by atoms with Gasteiger partial charge in [0.1, 0.15) is 0 Å². The minimum Gasteiger partial charge on any atom is -0.338 e. The first-order chi connectivity index (χ1) is 9.63. The van der Waals surface area contributed by atoms with Crippen molar-refractivity contribution in [2.24, 2.45) is 0 Å². The molecule has 1 amide bonds. The Morgan fingerprint density at radius 3 is 2.65 bits per heavy atom. The highest BCUT2D eigenvalue weighted by Gasteiger charge is 2.26. The van der Waals surface area contributed by atoms with Crippen LogP contribution in [-0.2, 0) is 11.2 Å². The first-order valence-corrected chi connectivity index (χ1v) is 7.82. The van der Waals surface area contributed by atoms with E-state index in [0.717, 1.165) is 38.0 Å². The first-order valence-electron chi connectivity index (χ1n) is 7.06. The Morgan fingerprint density at radius 1 is 1.40 bits per heavy atom. The fourth-order valence-corrected chi connectivity index (χ4v) is 3.14. The Labute approximate surface area is 130 Å². The molecule has 1 aliphatic heterocycles. The van der Waals surface area contributed by atoms with Gasteiger partial charge >= 0.3 is 0 Å². The van der Waals surface area contributed by atoms with Crippen LogP contribution in [0.2, 0.25) is 10.0 Å². The quantitative estimate of drug-likeness (QED) is 0.905. The number of hydrogen-bond acceptors (Lipinski definition) is 2. The molecule has 1 fully saturated rings. The van der Waals surface area contributed by atoms with Gasteiger partial charge in [0, 0.05) is 29.2 Å². The van der Waals surface area contributed by atoms with Crippen LogP contribution in [0.5, 0.6) is 0 Å². The molecule has 110 valence electrons. The molecule has 2 rings (SSSR count). The van der Waals surface area contributed by atoms with Crippen LogP contribution in [0.3, 0.4) is 0 Å². The van der Waals surface area contributed by atoms with Gasteiger partial charge in [-0.3, -0.25) is 4.79 Å². The van der Waals surface area contributed by atoms with E-state index in [0.29, 0.717) is 16.1 Å². The lowest BCUT2D eigenvalue weighted by atomic mass is 10.1. The highest BCUT2D eigenvalue weighted by molar-refractivity contribution is 6.36. The first kappa shape index (κ1) is 15.6. The second kappa shape index (κ2) is 7.30. The lowest BCUT2D eigenvalue weighted by Crippen LogP contribution is -2.42. The molecule has 0 spiro atoms. The second-order valence-electron chi connectivity index (χ2n) is 5.11. The molecule has 1 aromatic carbocycles. The Balaban J connectivity index is 2.11. The van der Waals surface area contributed by atoms with Gasteiger partial charge in [-0.05, 0) is 37.1 Å². The zero-order chi connectivity index (χ0) is 14.5. The van der Waals surface area contributed by atoms with E-state index < -0.39 is 0 Å². The van der Waals surface area contributed by atoms with Gasteiger partial charge in [0.2, 0.25) is 5.91 Å². The number of nitrogens with zero attached hydrogens (tertiary/aromatic N) is 1. The van der Waals surface area contributed by atoms with Crippen LogP contribution in [0.15, 0.2) is 18.2 Å². The molecular formula is C15H20Cl2N2O. The summed E-state index contributed by atoms with van der Waals surface area (Å²) in [6.45, 7) is 4.73. The predicted molar refractivity (Wildman–Crippen MR) is 83.4 cm³/mol. The molecule has 5 heteroatoms. The van der Waals surface area contributed by atoms with Gasteiger partial charge in [-0.25, -0.2) is 0 Å². The van der Waals surface area contributed by atoms with Gasteiger partial charge in [-0.2, -0.15) is 0 Å². The normalized spacial score (nSPS) is 18.2. The molecule has 0 bridgehead atoms. The number of carbonyl (C=O) groups excluding carboxylic acids is 1. The SMILES string of the molecule is CCCN(C(=O)Cc1c(Cl)cccc1Cl)C1CCNC1. The molecule has 0 aliphatic carbocycles. The molecule has 1 heterocycles. The summed E-state index contributed by atoms with van der Waals surface area (Å²) in [6, 6.07) is 5.64. The largest absolute Gasteiger partial charge is 0.338 e. The number of benzene rings is 1. The van der Waals surface area contributed by atoms with Crippen LogP contribution >= 0.6 is 23.2 Å². The molecule has 0 radical (unpaired) electrons. The number of nitrogens with one attached hydrogen (secondary N) is 1. The topological polar surface area (TPSA) is 32.3 Å². The minimum atomic E-state index is 0.107. The number of hydrogen-bond donors (Lipinski definition) is 1. The van der Waals surface area contributed by atoms with Crippen LogP contribution in [-0.4, -0.2) is 36.5 Å². The molecule has 1 saturated heterocycles. The predicted octanol–water partition coefficient (Wildman–Crippen LogP) is 3.14. The average molecular weight is 315 g/mol. The second-order valence-corrected chi connectivity index (χ2v) is 5.93. The van der Waals surface area contributed by atoms with Gasteiger partial charge in [0.15, 0.2) is 0 Å². The van der Waals surface area contributed by atoms with Crippen LogP contribution in [0.1, 0.15) is 25.3 Å². The summed E-state index contributed by atoms with van der Waals surface area (Å²) in [7, 11) is 0. The van der Waals surface area contributed by atoms with Crippen LogP contribution < -0.4 is 5.32 Å². The van der Waals surface area contributed by atoms with Crippen molar-refractivity contribution in [2.75, 3.05) is 19.6 Å². The van der Waals surface area contributed by atoms with Crippen molar-refractivity contribution < 1.29 is 4.79 Å². The number of halogens is 2. The monoisotopic (exact) mass is 314 g/mol. The van der Waals surface area contributed by atoms with Crippen LogP contribution in [0.4, 0.5) is 0 Å². The van der Waals surface area contributed by atoms with E-state index in [2.05, 4.69) is 12.2 Å². The van der Waals surface area contributed by atoms with Crippen molar-refractivity contribution in [3.8, 4) is 0 Å². The maximum atomic E-state index is 12.6. The summed E-state index contributed by atoms with van der Waals surface area (Å²) in [4.78, 5) is 14.5. The maximum absolute atomic E-state index is 12.6. The summed E-state index contributed by atoms with van der Waals surface area (Å²) >= 11 is 12.3. The standard InChI is InChI=1S/C15H20Cl2N2O/c1-2-8-19(11-6-7-18-10-11)15(20)9-12-13(16)4-3-5-14(12)17/h3-5,11,18H,2,6-10H2,1H3. The van der Waals surface area contributed by atoms with Gasteiger partial charge < -0.3 is 10.2 Å². The van der Waals surface area contributed by atoms with E-state index in [9.17, 15) is 4.79 Å². The molecule has 0 saturated carbocycles. The molecule has 1 atom stereocenters. The van der Waals surface area contributed by atoms with Gasteiger partial charge in [-0.1, -0.05) is 36.2 Å². The van der Waals surface area contributed by atoms with Gasteiger partial charge in [-0.15, -0.1) is 0 Å². The third-order valence-electron chi connectivity index (χ3n) is 3.65. The summed E-state index contributed by atoms with van der Waals surface area (Å²) in [6.07, 6.45) is 2.25. The number of carbonyl (C=O) groups is 1.